The summed E-state index contributed by atoms with van der Waals surface area (Å²) in [7, 11) is 0. The highest BCUT2D eigenvalue weighted by Gasteiger charge is 2.14. The van der Waals surface area contributed by atoms with E-state index in [-0.39, 0.29) is 5.75 Å². The van der Waals surface area contributed by atoms with E-state index in [1.165, 1.54) is 11.6 Å². The number of benzene rings is 2. The topological polar surface area (TPSA) is 29.5 Å². The van der Waals surface area contributed by atoms with Crippen LogP contribution in [0.4, 0.5) is 4.39 Å². The third kappa shape index (κ3) is 3.17. The minimum absolute atomic E-state index is 0.0831. The number of ether oxygens (including phenoxy) is 1. The Labute approximate surface area is 118 Å². The highest BCUT2D eigenvalue weighted by atomic mass is 19.1. The second-order valence-electron chi connectivity index (χ2n) is 5.16. The van der Waals surface area contributed by atoms with Gasteiger partial charge in [-0.15, -0.1) is 0 Å². The molecule has 20 heavy (non-hydrogen) atoms. The molecule has 0 unspecified atom stereocenters. The second kappa shape index (κ2) is 6.06. The number of aliphatic hydroxyl groups excluding tert-OH is 1. The van der Waals surface area contributed by atoms with Gasteiger partial charge in [0.1, 0.15) is 5.75 Å². The quantitative estimate of drug-likeness (QED) is 0.868. The average molecular weight is 274 g/mol. The molecule has 2 nitrogen and oxygen atoms in total. The standard InChI is InChI=1S/C17H19FO2/c1-11(2)13-7-9-14(10-8-13)20-17-15(12(3)19)5-4-6-16(17)18/h4-12,19H,1-3H3/t12-/m1/s1. The molecule has 0 aliphatic rings. The lowest BCUT2D eigenvalue weighted by molar-refractivity contribution is 0.194. The van der Waals surface area contributed by atoms with Crippen LogP contribution in [0.5, 0.6) is 11.5 Å². The Morgan fingerprint density at radius 2 is 1.65 bits per heavy atom. The van der Waals surface area contributed by atoms with Crippen molar-refractivity contribution in [1.29, 1.82) is 0 Å². The Morgan fingerprint density at radius 1 is 1.00 bits per heavy atom. The van der Waals surface area contributed by atoms with Gasteiger partial charge >= 0.3 is 0 Å². The first-order valence-corrected chi connectivity index (χ1v) is 6.73. The van der Waals surface area contributed by atoms with Gasteiger partial charge < -0.3 is 9.84 Å². The van der Waals surface area contributed by atoms with Crippen LogP contribution in [0.15, 0.2) is 42.5 Å². The number of hydrogen-bond acceptors (Lipinski definition) is 2. The predicted octanol–water partition coefficient (Wildman–Crippen LogP) is 4.79. The largest absolute Gasteiger partial charge is 0.454 e. The maximum absolute atomic E-state index is 13.9. The van der Waals surface area contributed by atoms with E-state index in [0.29, 0.717) is 17.2 Å². The normalized spacial score (nSPS) is 12.5. The van der Waals surface area contributed by atoms with Crippen molar-refractivity contribution < 1.29 is 14.2 Å². The average Bonchev–Trinajstić information content (AvgIpc) is 2.41. The van der Waals surface area contributed by atoms with Crippen LogP contribution in [0.2, 0.25) is 0 Å². The molecule has 0 bridgehead atoms. The van der Waals surface area contributed by atoms with Crippen LogP contribution in [0.1, 0.15) is 43.9 Å². The molecule has 0 aromatic heterocycles. The molecule has 0 spiro atoms. The fourth-order valence-corrected chi connectivity index (χ4v) is 2.00. The molecule has 0 saturated carbocycles. The molecule has 1 atom stereocenters. The van der Waals surface area contributed by atoms with E-state index >= 15 is 0 Å². The number of hydrogen-bond donors (Lipinski definition) is 1. The van der Waals surface area contributed by atoms with Gasteiger partial charge in [-0.25, -0.2) is 4.39 Å². The summed E-state index contributed by atoms with van der Waals surface area (Å²) < 4.78 is 19.5. The molecule has 0 heterocycles. The van der Waals surface area contributed by atoms with Gasteiger partial charge in [-0.1, -0.05) is 38.1 Å². The Hall–Kier alpha value is -1.87. The first-order valence-electron chi connectivity index (χ1n) is 6.73. The summed E-state index contributed by atoms with van der Waals surface area (Å²) in [5, 5.41) is 9.68. The van der Waals surface area contributed by atoms with Crippen LogP contribution in [-0.2, 0) is 0 Å². The Bertz CT molecular complexity index is 574. The van der Waals surface area contributed by atoms with Gasteiger partial charge in [-0.3, -0.25) is 0 Å². The first kappa shape index (κ1) is 14.5. The Kier molecular flexibility index (Phi) is 4.40. The zero-order chi connectivity index (χ0) is 14.7. The highest BCUT2D eigenvalue weighted by molar-refractivity contribution is 5.41. The minimum atomic E-state index is -0.782. The van der Waals surface area contributed by atoms with Gasteiger partial charge in [0, 0.05) is 5.56 Å². The van der Waals surface area contributed by atoms with Gasteiger partial charge in [0.15, 0.2) is 11.6 Å². The van der Waals surface area contributed by atoms with E-state index in [1.54, 1.807) is 19.1 Å². The van der Waals surface area contributed by atoms with E-state index in [2.05, 4.69) is 13.8 Å². The van der Waals surface area contributed by atoms with Crippen molar-refractivity contribution in [3.05, 3.63) is 59.4 Å². The van der Waals surface area contributed by atoms with E-state index in [0.717, 1.165) is 0 Å². The fraction of sp³-hybridized carbons (Fsp3) is 0.294. The fourth-order valence-electron chi connectivity index (χ4n) is 2.00. The highest BCUT2D eigenvalue weighted by Crippen LogP contribution is 2.32. The molecule has 0 fully saturated rings. The lowest BCUT2D eigenvalue weighted by Crippen LogP contribution is -1.98. The van der Waals surface area contributed by atoms with Gasteiger partial charge in [0.2, 0.25) is 0 Å². The van der Waals surface area contributed by atoms with Crippen molar-refractivity contribution in [3.63, 3.8) is 0 Å². The van der Waals surface area contributed by atoms with Crippen LogP contribution < -0.4 is 4.74 Å². The predicted molar refractivity (Wildman–Crippen MR) is 77.6 cm³/mol. The van der Waals surface area contributed by atoms with E-state index in [1.807, 2.05) is 24.3 Å². The molecule has 1 N–H and O–H groups in total. The molecule has 0 aliphatic carbocycles. The third-order valence-electron chi connectivity index (χ3n) is 3.21. The zero-order valence-electron chi connectivity index (χ0n) is 11.9. The molecule has 2 aromatic rings. The lowest BCUT2D eigenvalue weighted by atomic mass is 10.0. The Morgan fingerprint density at radius 3 is 2.20 bits per heavy atom. The monoisotopic (exact) mass is 274 g/mol. The molecule has 0 amide bonds. The molecule has 2 aromatic carbocycles. The smallest absolute Gasteiger partial charge is 0.168 e. The molecule has 0 aliphatic heterocycles. The van der Waals surface area contributed by atoms with Crippen molar-refractivity contribution in [2.24, 2.45) is 0 Å². The van der Waals surface area contributed by atoms with Crippen LogP contribution in [-0.4, -0.2) is 5.11 Å². The maximum atomic E-state index is 13.9. The molecule has 2 rings (SSSR count). The van der Waals surface area contributed by atoms with Gasteiger partial charge in [-0.05, 0) is 36.6 Å². The van der Waals surface area contributed by atoms with Gasteiger partial charge in [-0.2, -0.15) is 0 Å². The van der Waals surface area contributed by atoms with Crippen LogP contribution in [0.3, 0.4) is 0 Å². The van der Waals surface area contributed by atoms with Crippen molar-refractivity contribution in [2.45, 2.75) is 32.8 Å². The van der Waals surface area contributed by atoms with Crippen molar-refractivity contribution >= 4 is 0 Å². The van der Waals surface area contributed by atoms with Crippen LogP contribution in [0, 0.1) is 5.82 Å². The summed E-state index contributed by atoms with van der Waals surface area (Å²) in [4.78, 5) is 0. The molecule has 0 saturated heterocycles. The number of halogens is 1. The van der Waals surface area contributed by atoms with Crippen LogP contribution in [0.25, 0.3) is 0 Å². The number of para-hydroxylation sites is 1. The van der Waals surface area contributed by atoms with Gasteiger partial charge in [0.25, 0.3) is 0 Å². The van der Waals surface area contributed by atoms with Gasteiger partial charge in [0.05, 0.1) is 6.10 Å². The van der Waals surface area contributed by atoms with E-state index < -0.39 is 11.9 Å². The molecule has 106 valence electrons. The van der Waals surface area contributed by atoms with E-state index in [9.17, 15) is 9.50 Å². The summed E-state index contributed by atoms with van der Waals surface area (Å²) in [6.45, 7) is 5.81. The third-order valence-corrected chi connectivity index (χ3v) is 3.21. The summed E-state index contributed by atoms with van der Waals surface area (Å²) in [6.07, 6.45) is -0.782. The molecule has 0 radical (unpaired) electrons. The summed E-state index contributed by atoms with van der Waals surface area (Å²) in [5.74, 6) is 0.600. The molecule has 3 heteroatoms. The summed E-state index contributed by atoms with van der Waals surface area (Å²) in [6, 6.07) is 12.1. The van der Waals surface area contributed by atoms with Crippen molar-refractivity contribution in [1.82, 2.24) is 0 Å². The second-order valence-corrected chi connectivity index (χ2v) is 5.16. The zero-order valence-corrected chi connectivity index (χ0v) is 11.9. The lowest BCUT2D eigenvalue weighted by Gasteiger charge is -2.14. The van der Waals surface area contributed by atoms with E-state index in [4.69, 9.17) is 4.74 Å². The number of rotatable bonds is 4. The minimum Gasteiger partial charge on any atom is -0.454 e. The SMILES string of the molecule is CC(C)c1ccc(Oc2c(F)cccc2[C@@H](C)O)cc1. The summed E-state index contributed by atoms with van der Waals surface area (Å²) in [5.41, 5.74) is 1.64. The van der Waals surface area contributed by atoms with Crippen molar-refractivity contribution in [3.8, 4) is 11.5 Å². The number of aliphatic hydroxyl groups is 1. The molecular weight excluding hydrogens is 255 g/mol. The maximum Gasteiger partial charge on any atom is 0.168 e. The van der Waals surface area contributed by atoms with Crippen molar-refractivity contribution in [2.75, 3.05) is 0 Å². The summed E-state index contributed by atoms with van der Waals surface area (Å²) >= 11 is 0. The first-order chi connectivity index (χ1) is 9.49. The Balaban J connectivity index is 2.30. The van der Waals surface area contributed by atoms with Crippen LogP contribution >= 0.6 is 0 Å². The molecular formula is C17H19FO2.